The number of benzene rings is 2. The van der Waals surface area contributed by atoms with Crippen molar-refractivity contribution in [2.24, 2.45) is 0 Å². The van der Waals surface area contributed by atoms with Crippen molar-refractivity contribution in [1.29, 1.82) is 0 Å². The summed E-state index contributed by atoms with van der Waals surface area (Å²) in [7, 11) is 0. The van der Waals surface area contributed by atoms with Gasteiger partial charge in [-0.2, -0.15) is 13.2 Å². The molecule has 4 nitrogen and oxygen atoms in total. The number of hydrogen-bond donors (Lipinski definition) is 1. The van der Waals surface area contributed by atoms with Crippen LogP contribution in [-0.4, -0.2) is 23.3 Å². The average Bonchev–Trinajstić information content (AvgIpc) is 2.57. The van der Waals surface area contributed by atoms with E-state index < -0.39 is 17.6 Å². The largest absolute Gasteiger partial charge is 0.416 e. The Morgan fingerprint density at radius 2 is 1.74 bits per heavy atom. The predicted octanol–water partition coefficient (Wildman–Crippen LogP) is 4.65. The Hall–Kier alpha value is -2.54. The van der Waals surface area contributed by atoms with Gasteiger partial charge in [-0.25, -0.2) is 0 Å². The van der Waals surface area contributed by atoms with E-state index >= 15 is 0 Å². The summed E-state index contributed by atoms with van der Waals surface area (Å²) < 4.78 is 38.4. The molecule has 2 aromatic rings. The van der Waals surface area contributed by atoms with Gasteiger partial charge in [0.1, 0.15) is 6.54 Å². The van der Waals surface area contributed by atoms with E-state index in [9.17, 15) is 22.8 Å². The van der Waals surface area contributed by atoms with Crippen molar-refractivity contribution in [3.8, 4) is 0 Å². The van der Waals surface area contributed by atoms with Gasteiger partial charge in [-0.05, 0) is 30.7 Å². The lowest BCUT2D eigenvalue weighted by molar-refractivity contribution is -0.137. The summed E-state index contributed by atoms with van der Waals surface area (Å²) in [4.78, 5) is 25.4. The smallest absolute Gasteiger partial charge is 0.329 e. The Kier molecular flexibility index (Phi) is 6.49. The van der Waals surface area contributed by atoms with E-state index in [4.69, 9.17) is 11.6 Å². The summed E-state index contributed by atoms with van der Waals surface area (Å²) in [5.41, 5.74) is 0.811. The second-order valence-electron chi connectivity index (χ2n) is 6.10. The maximum atomic E-state index is 12.8. The zero-order chi connectivity index (χ0) is 20.2. The standard InChI is InChI=1S/C19H18ClF3N2O2/c1-12-3-5-14(6-4-12)10-25(13(2)26)11-18(27)24-17-9-15(19(21,22)23)7-8-16(17)20/h3-9H,10-11H2,1-2H3,(H,24,27). The van der Waals surface area contributed by atoms with Gasteiger partial charge in [-0.3, -0.25) is 9.59 Å². The van der Waals surface area contributed by atoms with E-state index in [0.717, 1.165) is 29.3 Å². The molecule has 0 radical (unpaired) electrons. The number of rotatable bonds is 5. The van der Waals surface area contributed by atoms with E-state index in [2.05, 4.69) is 5.32 Å². The molecular weight excluding hydrogens is 381 g/mol. The van der Waals surface area contributed by atoms with Crippen LogP contribution >= 0.6 is 11.6 Å². The molecule has 0 unspecified atom stereocenters. The first-order valence-electron chi connectivity index (χ1n) is 8.04. The van der Waals surface area contributed by atoms with E-state index in [0.29, 0.717) is 0 Å². The monoisotopic (exact) mass is 398 g/mol. The van der Waals surface area contributed by atoms with Gasteiger partial charge in [0, 0.05) is 13.5 Å². The number of carbonyl (C=O) groups is 2. The highest BCUT2D eigenvalue weighted by molar-refractivity contribution is 6.33. The van der Waals surface area contributed by atoms with Crippen molar-refractivity contribution in [2.75, 3.05) is 11.9 Å². The number of amides is 2. The number of carbonyl (C=O) groups excluding carboxylic acids is 2. The molecule has 2 amide bonds. The summed E-state index contributed by atoms with van der Waals surface area (Å²) in [5, 5.41) is 2.31. The molecule has 0 atom stereocenters. The minimum Gasteiger partial charge on any atom is -0.329 e. The molecule has 0 spiro atoms. The zero-order valence-electron chi connectivity index (χ0n) is 14.7. The molecule has 1 N–H and O–H groups in total. The van der Waals surface area contributed by atoms with Gasteiger partial charge in [-0.15, -0.1) is 0 Å². The molecule has 27 heavy (non-hydrogen) atoms. The van der Waals surface area contributed by atoms with Crippen molar-refractivity contribution in [2.45, 2.75) is 26.6 Å². The molecule has 2 rings (SSSR count). The van der Waals surface area contributed by atoms with Gasteiger partial charge >= 0.3 is 6.18 Å². The lowest BCUT2D eigenvalue weighted by Crippen LogP contribution is -2.36. The van der Waals surface area contributed by atoms with Crippen LogP contribution in [0.2, 0.25) is 5.02 Å². The van der Waals surface area contributed by atoms with Crippen LogP contribution in [0.1, 0.15) is 23.6 Å². The van der Waals surface area contributed by atoms with Crippen molar-refractivity contribution in [3.63, 3.8) is 0 Å². The summed E-state index contributed by atoms with van der Waals surface area (Å²) in [6.07, 6.45) is -4.55. The quantitative estimate of drug-likeness (QED) is 0.796. The number of hydrogen-bond acceptors (Lipinski definition) is 2. The van der Waals surface area contributed by atoms with Crippen molar-refractivity contribution in [1.82, 2.24) is 4.90 Å². The lowest BCUT2D eigenvalue weighted by Gasteiger charge is -2.21. The Labute approximate surface area is 159 Å². The highest BCUT2D eigenvalue weighted by atomic mass is 35.5. The Balaban J connectivity index is 2.10. The highest BCUT2D eigenvalue weighted by Crippen LogP contribution is 2.33. The minimum absolute atomic E-state index is 0.0238. The minimum atomic E-state index is -4.55. The zero-order valence-corrected chi connectivity index (χ0v) is 15.5. The van der Waals surface area contributed by atoms with Crippen LogP contribution < -0.4 is 5.32 Å². The van der Waals surface area contributed by atoms with Crippen LogP contribution in [-0.2, 0) is 22.3 Å². The number of alkyl halides is 3. The van der Waals surface area contributed by atoms with Gasteiger partial charge in [-0.1, -0.05) is 41.4 Å². The van der Waals surface area contributed by atoms with E-state index in [1.165, 1.54) is 11.8 Å². The fourth-order valence-electron chi connectivity index (χ4n) is 2.35. The summed E-state index contributed by atoms with van der Waals surface area (Å²) in [6, 6.07) is 10.1. The average molecular weight is 399 g/mol. The predicted molar refractivity (Wildman–Crippen MR) is 97.4 cm³/mol. The third-order valence-corrected chi connectivity index (χ3v) is 4.17. The third kappa shape index (κ3) is 5.99. The number of nitrogens with zero attached hydrogens (tertiary/aromatic N) is 1. The molecule has 8 heteroatoms. The Morgan fingerprint density at radius 3 is 2.30 bits per heavy atom. The maximum Gasteiger partial charge on any atom is 0.416 e. The number of nitrogens with one attached hydrogen (secondary N) is 1. The first kappa shape index (κ1) is 20.8. The van der Waals surface area contributed by atoms with Gasteiger partial charge in [0.15, 0.2) is 0 Å². The van der Waals surface area contributed by atoms with Crippen LogP contribution in [0.5, 0.6) is 0 Å². The van der Waals surface area contributed by atoms with E-state index in [-0.39, 0.29) is 29.7 Å². The Morgan fingerprint density at radius 1 is 1.11 bits per heavy atom. The summed E-state index contributed by atoms with van der Waals surface area (Å²) >= 11 is 5.87. The highest BCUT2D eigenvalue weighted by Gasteiger charge is 2.31. The van der Waals surface area contributed by atoms with Crippen molar-refractivity contribution in [3.05, 3.63) is 64.2 Å². The first-order valence-corrected chi connectivity index (χ1v) is 8.41. The summed E-state index contributed by atoms with van der Waals surface area (Å²) in [5.74, 6) is -0.973. The third-order valence-electron chi connectivity index (χ3n) is 3.84. The van der Waals surface area contributed by atoms with Crippen LogP contribution in [0.15, 0.2) is 42.5 Å². The lowest BCUT2D eigenvalue weighted by atomic mass is 10.1. The molecule has 0 bridgehead atoms. The fourth-order valence-corrected chi connectivity index (χ4v) is 2.52. The maximum absolute atomic E-state index is 12.8. The molecule has 0 heterocycles. The molecule has 144 valence electrons. The molecule has 0 aliphatic rings. The van der Waals surface area contributed by atoms with Crippen LogP contribution in [0.4, 0.5) is 18.9 Å². The molecule has 0 aliphatic heterocycles. The molecule has 0 saturated carbocycles. The number of aryl methyl sites for hydroxylation is 1. The SMILES string of the molecule is CC(=O)N(CC(=O)Nc1cc(C(F)(F)F)ccc1Cl)Cc1ccc(C)cc1. The fraction of sp³-hybridized carbons (Fsp3) is 0.263. The second kappa shape index (κ2) is 8.43. The second-order valence-corrected chi connectivity index (χ2v) is 6.51. The van der Waals surface area contributed by atoms with Gasteiger partial charge in [0.25, 0.3) is 0 Å². The molecule has 0 saturated heterocycles. The first-order chi connectivity index (χ1) is 12.6. The van der Waals surface area contributed by atoms with Crippen molar-refractivity contribution >= 4 is 29.1 Å². The normalized spacial score (nSPS) is 11.2. The molecule has 2 aromatic carbocycles. The molecule has 0 aromatic heterocycles. The molecule has 0 aliphatic carbocycles. The number of anilines is 1. The van der Waals surface area contributed by atoms with Crippen LogP contribution in [0.3, 0.4) is 0 Å². The van der Waals surface area contributed by atoms with Crippen LogP contribution in [0.25, 0.3) is 0 Å². The van der Waals surface area contributed by atoms with Gasteiger partial charge < -0.3 is 10.2 Å². The Bertz CT molecular complexity index is 836. The van der Waals surface area contributed by atoms with E-state index in [1.54, 1.807) is 0 Å². The van der Waals surface area contributed by atoms with Gasteiger partial charge in [0.05, 0.1) is 16.3 Å². The topological polar surface area (TPSA) is 49.4 Å². The van der Waals surface area contributed by atoms with Crippen LogP contribution in [0, 0.1) is 6.92 Å². The molecular formula is C19H18ClF3N2O2. The van der Waals surface area contributed by atoms with E-state index in [1.807, 2.05) is 31.2 Å². The summed E-state index contributed by atoms with van der Waals surface area (Å²) in [6.45, 7) is 3.15. The molecule has 0 fully saturated rings. The van der Waals surface area contributed by atoms with Gasteiger partial charge in [0.2, 0.25) is 11.8 Å². The number of halogens is 4. The van der Waals surface area contributed by atoms with Crippen molar-refractivity contribution < 1.29 is 22.8 Å².